The van der Waals surface area contributed by atoms with Crippen LogP contribution in [0, 0.1) is 0 Å². The van der Waals surface area contributed by atoms with Crippen molar-refractivity contribution in [2.75, 3.05) is 0 Å². The van der Waals surface area contributed by atoms with E-state index in [9.17, 15) is 9.90 Å². The molecule has 4 rings (SSSR count). The molecular weight excluding hydrogens is 252 g/mol. The Hall–Kier alpha value is -2.88. The second-order valence-corrected chi connectivity index (χ2v) is 4.70. The summed E-state index contributed by atoms with van der Waals surface area (Å²) < 4.78 is 0. The zero-order valence-electron chi connectivity index (χ0n) is 10.4. The van der Waals surface area contributed by atoms with E-state index >= 15 is 0 Å². The lowest BCUT2D eigenvalue weighted by molar-refractivity contribution is -0.112. The van der Waals surface area contributed by atoms with Gasteiger partial charge in [-0.1, -0.05) is 36.4 Å². The first-order chi connectivity index (χ1) is 9.75. The number of aromatic hydroxyl groups is 1. The van der Waals surface area contributed by atoms with Crippen LogP contribution in [0.3, 0.4) is 0 Å². The molecule has 1 aromatic heterocycles. The predicted octanol–water partition coefficient (Wildman–Crippen LogP) is 1.23. The molecule has 2 N–H and O–H groups in total. The molecule has 0 saturated heterocycles. The summed E-state index contributed by atoms with van der Waals surface area (Å²) in [7, 11) is 0. The zero-order chi connectivity index (χ0) is 13.7. The van der Waals surface area contributed by atoms with E-state index < -0.39 is 0 Å². The number of aromatic nitrogens is 1. The molecule has 2 aromatic carbocycles. The van der Waals surface area contributed by atoms with Gasteiger partial charge >= 0.3 is 0 Å². The average molecular weight is 262 g/mol. The summed E-state index contributed by atoms with van der Waals surface area (Å²) in [4.78, 5) is 19.1. The van der Waals surface area contributed by atoms with Gasteiger partial charge in [-0.15, -0.1) is 0 Å². The van der Waals surface area contributed by atoms with Gasteiger partial charge in [0.25, 0.3) is 5.91 Å². The molecule has 4 nitrogen and oxygen atoms in total. The van der Waals surface area contributed by atoms with Crippen molar-refractivity contribution < 1.29 is 9.90 Å². The third-order valence-corrected chi connectivity index (χ3v) is 3.55. The van der Waals surface area contributed by atoms with E-state index in [0.717, 1.165) is 16.1 Å². The van der Waals surface area contributed by atoms with Crippen molar-refractivity contribution in [2.24, 2.45) is 4.99 Å². The Morgan fingerprint density at radius 1 is 1.00 bits per heavy atom. The standard InChI is InChI=1S/C16H10N2O2/c19-15-13(9-5-1-3-7-11(9)17-15)14-10-6-2-4-8-12(10)18-16(14)20/h1-8,17,19H. The van der Waals surface area contributed by atoms with Gasteiger partial charge in [0, 0.05) is 16.1 Å². The quantitative estimate of drug-likeness (QED) is 0.692. The minimum absolute atomic E-state index is 0.00135. The highest BCUT2D eigenvalue weighted by molar-refractivity contribution is 6.24. The van der Waals surface area contributed by atoms with E-state index in [-0.39, 0.29) is 11.8 Å². The molecule has 3 aromatic rings. The Morgan fingerprint density at radius 2 is 1.75 bits per heavy atom. The molecule has 0 unspecified atom stereocenters. The van der Waals surface area contributed by atoms with Crippen LogP contribution in [0.1, 0.15) is 5.56 Å². The number of aromatic amines is 1. The Labute approximate surface area is 113 Å². The maximum Gasteiger partial charge on any atom is 0.279 e. The van der Waals surface area contributed by atoms with Crippen LogP contribution in [-0.4, -0.2) is 16.0 Å². The summed E-state index contributed by atoms with van der Waals surface area (Å²) in [5.41, 5.74) is 1.78. The lowest BCUT2D eigenvalue weighted by atomic mass is 10.0. The summed E-state index contributed by atoms with van der Waals surface area (Å²) in [5, 5.41) is 12.4. The normalized spacial score (nSPS) is 13.6. The van der Waals surface area contributed by atoms with Crippen LogP contribution >= 0.6 is 0 Å². The van der Waals surface area contributed by atoms with Crippen LogP contribution in [0.2, 0.25) is 0 Å². The minimum Gasteiger partial charge on any atom is -0.494 e. The van der Waals surface area contributed by atoms with Crippen LogP contribution in [0.15, 0.2) is 53.5 Å². The SMILES string of the molecule is O=C1N=c2ccccc2=C1c1c(O)[nH]c2ccccc12. The molecular formula is C16H10N2O2. The van der Waals surface area contributed by atoms with Crippen LogP contribution < -0.4 is 10.6 Å². The molecule has 0 saturated carbocycles. The maximum absolute atomic E-state index is 12.2. The fourth-order valence-corrected chi connectivity index (χ4v) is 2.69. The molecule has 0 aliphatic carbocycles. The number of hydrogen-bond donors (Lipinski definition) is 2. The maximum atomic E-state index is 12.2. The molecule has 1 amide bonds. The van der Waals surface area contributed by atoms with Crippen molar-refractivity contribution in [3.63, 3.8) is 0 Å². The molecule has 1 aliphatic heterocycles. The van der Waals surface area contributed by atoms with Crippen molar-refractivity contribution in [3.8, 4) is 5.88 Å². The van der Waals surface area contributed by atoms with Gasteiger partial charge in [-0.05, 0) is 12.1 Å². The molecule has 4 heteroatoms. The number of hydrogen-bond acceptors (Lipinski definition) is 2. The van der Waals surface area contributed by atoms with Crippen molar-refractivity contribution in [2.45, 2.75) is 0 Å². The first-order valence-corrected chi connectivity index (χ1v) is 6.28. The largest absolute Gasteiger partial charge is 0.494 e. The van der Waals surface area contributed by atoms with Crippen molar-refractivity contribution in [1.82, 2.24) is 4.98 Å². The van der Waals surface area contributed by atoms with Gasteiger partial charge in [0.2, 0.25) is 0 Å². The number of benzene rings is 2. The van der Waals surface area contributed by atoms with Crippen molar-refractivity contribution in [1.29, 1.82) is 0 Å². The molecule has 0 spiro atoms. The summed E-state index contributed by atoms with van der Waals surface area (Å²) in [5.74, 6) is -0.312. The monoisotopic (exact) mass is 262 g/mol. The van der Waals surface area contributed by atoms with Crippen LogP contribution in [0.4, 0.5) is 0 Å². The molecule has 2 heterocycles. The zero-order valence-corrected chi connectivity index (χ0v) is 10.4. The highest BCUT2D eigenvalue weighted by Crippen LogP contribution is 2.32. The van der Waals surface area contributed by atoms with E-state index in [0.29, 0.717) is 16.5 Å². The number of carbonyl (C=O) groups is 1. The van der Waals surface area contributed by atoms with E-state index in [2.05, 4.69) is 9.98 Å². The first kappa shape index (κ1) is 11.0. The summed E-state index contributed by atoms with van der Waals surface area (Å²) in [6, 6.07) is 14.8. The van der Waals surface area contributed by atoms with Crippen molar-refractivity contribution in [3.05, 3.63) is 64.7 Å². The third-order valence-electron chi connectivity index (χ3n) is 3.55. The Balaban J connectivity index is 2.19. The lowest BCUT2D eigenvalue weighted by Crippen LogP contribution is -2.22. The first-order valence-electron chi connectivity index (χ1n) is 6.28. The van der Waals surface area contributed by atoms with Gasteiger partial charge in [0.1, 0.15) is 0 Å². The highest BCUT2D eigenvalue weighted by atomic mass is 16.3. The molecule has 0 radical (unpaired) electrons. The smallest absolute Gasteiger partial charge is 0.279 e. The number of H-pyrrole nitrogens is 1. The fourth-order valence-electron chi connectivity index (χ4n) is 2.69. The number of para-hydroxylation sites is 2. The topological polar surface area (TPSA) is 65.4 Å². The molecule has 20 heavy (non-hydrogen) atoms. The van der Waals surface area contributed by atoms with Gasteiger partial charge in [0.15, 0.2) is 5.88 Å². The number of fused-ring (bicyclic) bond motifs is 2. The van der Waals surface area contributed by atoms with E-state index in [4.69, 9.17) is 0 Å². The number of amides is 1. The third kappa shape index (κ3) is 1.36. The fraction of sp³-hybridized carbons (Fsp3) is 0. The Morgan fingerprint density at radius 3 is 2.65 bits per heavy atom. The van der Waals surface area contributed by atoms with Crippen molar-refractivity contribution >= 4 is 22.4 Å². The predicted molar refractivity (Wildman–Crippen MR) is 74.7 cm³/mol. The van der Waals surface area contributed by atoms with Crippen LogP contribution in [-0.2, 0) is 4.79 Å². The average Bonchev–Trinajstić information content (AvgIpc) is 2.94. The van der Waals surface area contributed by atoms with Gasteiger partial charge in [0.05, 0.1) is 16.5 Å². The number of nitrogens with zero attached hydrogens (tertiary/aromatic N) is 1. The lowest BCUT2D eigenvalue weighted by Gasteiger charge is -1.99. The number of carbonyl (C=O) groups excluding carboxylic acids is 1. The highest BCUT2D eigenvalue weighted by Gasteiger charge is 2.24. The Bertz CT molecular complexity index is 983. The van der Waals surface area contributed by atoms with E-state index in [1.165, 1.54) is 0 Å². The van der Waals surface area contributed by atoms with Crippen LogP contribution in [0.5, 0.6) is 5.88 Å². The molecule has 0 fully saturated rings. The van der Waals surface area contributed by atoms with Gasteiger partial charge in [-0.3, -0.25) is 4.79 Å². The molecule has 0 atom stereocenters. The van der Waals surface area contributed by atoms with Crippen LogP contribution in [0.25, 0.3) is 16.5 Å². The summed E-state index contributed by atoms with van der Waals surface area (Å²) >= 11 is 0. The summed E-state index contributed by atoms with van der Waals surface area (Å²) in [6.07, 6.45) is 0. The second-order valence-electron chi connectivity index (χ2n) is 4.70. The number of nitrogens with one attached hydrogen (secondary N) is 1. The van der Waals surface area contributed by atoms with E-state index in [1.54, 1.807) is 6.07 Å². The molecule has 0 bridgehead atoms. The van der Waals surface area contributed by atoms with E-state index in [1.807, 2.05) is 42.5 Å². The number of rotatable bonds is 1. The van der Waals surface area contributed by atoms with Gasteiger partial charge in [-0.25, -0.2) is 4.99 Å². The second kappa shape index (κ2) is 3.81. The van der Waals surface area contributed by atoms with Gasteiger partial charge in [-0.2, -0.15) is 0 Å². The Kier molecular flexibility index (Phi) is 2.09. The molecule has 96 valence electrons. The summed E-state index contributed by atoms with van der Waals surface area (Å²) in [6.45, 7) is 0. The van der Waals surface area contributed by atoms with Gasteiger partial charge < -0.3 is 10.1 Å². The minimum atomic E-state index is -0.314. The molecule has 1 aliphatic rings.